The van der Waals surface area contributed by atoms with Crippen LogP contribution in [0.4, 0.5) is 0 Å². The summed E-state index contributed by atoms with van der Waals surface area (Å²) in [7, 11) is 0. The summed E-state index contributed by atoms with van der Waals surface area (Å²) in [6.07, 6.45) is 14.8. The highest BCUT2D eigenvalue weighted by atomic mass is 16.6. The maximum Gasteiger partial charge on any atom is 0.307 e. The minimum absolute atomic E-state index is 0.0200. The second-order valence-electron chi connectivity index (χ2n) is 19.6. The summed E-state index contributed by atoms with van der Waals surface area (Å²) in [5.41, 5.74) is 16.6. The first-order valence-corrected chi connectivity index (χ1v) is 24.4. The molecule has 0 aliphatic heterocycles. The lowest BCUT2D eigenvalue weighted by Gasteiger charge is -2.64. The quantitative estimate of drug-likeness (QED) is 0.0396. The Morgan fingerprint density at radius 3 is 1.82 bits per heavy atom. The Kier molecular flexibility index (Phi) is 21.4. The number of rotatable bonds is 27. The number of hydrogen-bond donors (Lipinski definition) is 4. The third-order valence-electron chi connectivity index (χ3n) is 15.5. The number of ether oxygens (including phenoxy) is 5. The van der Waals surface area contributed by atoms with E-state index >= 15 is 0 Å². The molecule has 1 unspecified atom stereocenters. The van der Waals surface area contributed by atoms with Crippen molar-refractivity contribution in [1.29, 1.82) is 0 Å². The summed E-state index contributed by atoms with van der Waals surface area (Å²) >= 11 is 0. The molecule has 356 valence electrons. The van der Waals surface area contributed by atoms with Gasteiger partial charge in [0.15, 0.2) is 0 Å². The topological polar surface area (TPSA) is 230 Å². The number of unbranched alkanes of at least 4 members (excludes halogenated alkanes) is 8. The van der Waals surface area contributed by atoms with Gasteiger partial charge in [0, 0.05) is 43.8 Å². The first-order chi connectivity index (χ1) is 29.7. The summed E-state index contributed by atoms with van der Waals surface area (Å²) in [6.45, 7) is 9.03. The van der Waals surface area contributed by atoms with Gasteiger partial charge in [-0.05, 0) is 92.8 Å². The van der Waals surface area contributed by atoms with Crippen LogP contribution < -0.4 is 17.2 Å². The van der Waals surface area contributed by atoms with Crippen LogP contribution in [0.5, 0.6) is 0 Å². The van der Waals surface area contributed by atoms with E-state index in [0.29, 0.717) is 32.1 Å². The van der Waals surface area contributed by atoms with Gasteiger partial charge < -0.3 is 46.0 Å². The number of aliphatic hydroxyl groups excluding tert-OH is 1. The van der Waals surface area contributed by atoms with Crippen molar-refractivity contribution >= 4 is 29.8 Å². The van der Waals surface area contributed by atoms with Crippen molar-refractivity contribution in [2.75, 3.05) is 32.8 Å². The number of aliphatic hydroxyl groups is 1. The van der Waals surface area contributed by atoms with Gasteiger partial charge in [-0.15, -0.1) is 0 Å². The first kappa shape index (κ1) is 51.8. The molecule has 4 fully saturated rings. The molecule has 14 heteroatoms. The molecule has 7 N–H and O–H groups in total. The van der Waals surface area contributed by atoms with Crippen molar-refractivity contribution in [2.45, 2.75) is 193 Å². The van der Waals surface area contributed by atoms with Gasteiger partial charge in [-0.1, -0.05) is 79.1 Å². The fourth-order valence-corrected chi connectivity index (χ4v) is 12.2. The van der Waals surface area contributed by atoms with Crippen LogP contribution in [0.25, 0.3) is 0 Å². The first-order valence-electron chi connectivity index (χ1n) is 24.4. The molecule has 4 rings (SSSR count). The summed E-state index contributed by atoms with van der Waals surface area (Å²) in [5.74, 6) is -1.30. The lowest BCUT2D eigenvalue weighted by Crippen LogP contribution is -2.63. The smallest absolute Gasteiger partial charge is 0.307 e. The molecule has 0 aromatic rings. The standard InChI is InChI=1S/C48H83N3O11/c1-5-6-7-8-9-10-11-12-13-14-41(53)58-30-34(52)31-59-42(54)18-15-32(2)36-16-17-37-46-38(29-40(48(36,37)4)62-45(57)22-26-51)47(3)23-19-35(60-43(55)20-24-49)27-33(47)28-39(46)61-44(56)21-25-50/h32-40,46,52H,5-31,49-51H2,1-4H3/t32-,33+,34?,35-,36-,37+,38+,39-,40+,46+,47+,48-/m1/s1. The molecule has 0 aromatic carbocycles. The molecular weight excluding hydrogens is 795 g/mol. The van der Waals surface area contributed by atoms with Gasteiger partial charge in [0.05, 0.1) is 19.3 Å². The molecule has 4 saturated carbocycles. The van der Waals surface area contributed by atoms with E-state index in [-0.39, 0.29) is 136 Å². The van der Waals surface area contributed by atoms with E-state index in [2.05, 4.69) is 27.7 Å². The number of fused-ring (bicyclic) bond motifs is 5. The van der Waals surface area contributed by atoms with E-state index in [1.165, 1.54) is 38.5 Å². The molecule has 62 heavy (non-hydrogen) atoms. The molecular formula is C48H83N3O11. The second-order valence-corrected chi connectivity index (χ2v) is 19.6. The van der Waals surface area contributed by atoms with Crippen LogP contribution in [0.3, 0.4) is 0 Å². The largest absolute Gasteiger partial charge is 0.463 e. The van der Waals surface area contributed by atoms with Crippen molar-refractivity contribution in [3.63, 3.8) is 0 Å². The normalized spacial score (nSPS) is 31.1. The van der Waals surface area contributed by atoms with Crippen LogP contribution >= 0.6 is 0 Å². The predicted molar refractivity (Wildman–Crippen MR) is 235 cm³/mol. The highest BCUT2D eigenvalue weighted by Gasteiger charge is 2.67. The highest BCUT2D eigenvalue weighted by Crippen LogP contribution is 2.69. The lowest BCUT2D eigenvalue weighted by molar-refractivity contribution is -0.225. The Labute approximate surface area is 371 Å². The molecule has 4 aliphatic carbocycles. The molecule has 0 amide bonds. The number of nitrogens with two attached hydrogens (primary N) is 3. The fraction of sp³-hybridized carbons (Fsp3) is 0.896. The van der Waals surface area contributed by atoms with Crippen molar-refractivity contribution in [1.82, 2.24) is 0 Å². The molecule has 0 saturated heterocycles. The van der Waals surface area contributed by atoms with Gasteiger partial charge in [0.2, 0.25) is 0 Å². The van der Waals surface area contributed by atoms with E-state index in [1.807, 2.05) is 0 Å². The third kappa shape index (κ3) is 14.1. The summed E-state index contributed by atoms with van der Waals surface area (Å²) in [6, 6.07) is 0. The number of esters is 5. The zero-order chi connectivity index (χ0) is 45.3. The van der Waals surface area contributed by atoms with E-state index < -0.39 is 23.6 Å². The van der Waals surface area contributed by atoms with E-state index in [0.717, 1.165) is 44.9 Å². The zero-order valence-corrected chi connectivity index (χ0v) is 38.6. The lowest BCUT2D eigenvalue weighted by atomic mass is 9.43. The van der Waals surface area contributed by atoms with Gasteiger partial charge in [0.1, 0.15) is 37.6 Å². The molecule has 4 aliphatic rings. The van der Waals surface area contributed by atoms with Crippen LogP contribution in [0.15, 0.2) is 0 Å². The average Bonchev–Trinajstić information content (AvgIpc) is 3.59. The van der Waals surface area contributed by atoms with Crippen LogP contribution in [0, 0.1) is 46.3 Å². The summed E-state index contributed by atoms with van der Waals surface area (Å²) in [5, 5.41) is 10.4. The Bertz CT molecular complexity index is 1430. The van der Waals surface area contributed by atoms with Crippen LogP contribution in [-0.2, 0) is 47.7 Å². The van der Waals surface area contributed by atoms with Crippen molar-refractivity contribution < 1.29 is 52.8 Å². The van der Waals surface area contributed by atoms with Crippen LogP contribution in [0.1, 0.15) is 169 Å². The van der Waals surface area contributed by atoms with E-state index in [4.69, 9.17) is 40.9 Å². The molecule has 0 radical (unpaired) electrons. The van der Waals surface area contributed by atoms with E-state index in [1.54, 1.807) is 0 Å². The SMILES string of the molecule is CCCCCCCCCCCC(=O)OCC(O)COC(=O)CC[C@@H](C)[C@H]1CC[C@H]2[C@@H]3[C@H](OC(=O)CCN)C[C@@H]4C[C@H](OC(=O)CCN)CC[C@]4(C)[C@H]3C[C@H](OC(=O)CCN)[C@]12C. The fourth-order valence-electron chi connectivity index (χ4n) is 12.2. The minimum Gasteiger partial charge on any atom is -0.463 e. The van der Waals surface area contributed by atoms with Gasteiger partial charge in [0.25, 0.3) is 0 Å². The maximum absolute atomic E-state index is 13.3. The Morgan fingerprint density at radius 2 is 1.21 bits per heavy atom. The monoisotopic (exact) mass is 878 g/mol. The number of hydrogen-bond acceptors (Lipinski definition) is 14. The molecule has 0 aromatic heterocycles. The molecule has 0 heterocycles. The second kappa shape index (κ2) is 25.6. The van der Waals surface area contributed by atoms with Crippen molar-refractivity contribution in [3.05, 3.63) is 0 Å². The van der Waals surface area contributed by atoms with Crippen LogP contribution in [-0.4, -0.2) is 92.2 Å². The third-order valence-corrected chi connectivity index (χ3v) is 15.5. The molecule has 14 nitrogen and oxygen atoms in total. The van der Waals surface area contributed by atoms with Gasteiger partial charge in [-0.3, -0.25) is 24.0 Å². The Hall–Kier alpha value is -2.81. The van der Waals surface area contributed by atoms with Crippen LogP contribution in [0.2, 0.25) is 0 Å². The zero-order valence-electron chi connectivity index (χ0n) is 38.6. The number of carbonyl (C=O) groups is 5. The summed E-state index contributed by atoms with van der Waals surface area (Å²) in [4.78, 5) is 64.2. The average molecular weight is 878 g/mol. The molecule has 12 atom stereocenters. The molecule has 0 spiro atoms. The predicted octanol–water partition coefficient (Wildman–Crippen LogP) is 6.43. The minimum atomic E-state index is -1.11. The van der Waals surface area contributed by atoms with Gasteiger partial charge in [-0.2, -0.15) is 0 Å². The number of carbonyl (C=O) groups excluding carboxylic acids is 5. The Balaban J connectivity index is 1.38. The highest BCUT2D eigenvalue weighted by molar-refractivity contribution is 5.71. The van der Waals surface area contributed by atoms with Gasteiger partial charge in [-0.25, -0.2) is 0 Å². The Morgan fingerprint density at radius 1 is 0.645 bits per heavy atom. The summed E-state index contributed by atoms with van der Waals surface area (Å²) < 4.78 is 29.4. The van der Waals surface area contributed by atoms with E-state index in [9.17, 15) is 29.1 Å². The maximum atomic E-state index is 13.3. The van der Waals surface area contributed by atoms with Gasteiger partial charge >= 0.3 is 29.8 Å². The molecule has 0 bridgehead atoms. The van der Waals surface area contributed by atoms with Crippen molar-refractivity contribution in [2.24, 2.45) is 63.5 Å². The van der Waals surface area contributed by atoms with Crippen molar-refractivity contribution in [3.8, 4) is 0 Å².